The number of hydrogen-bond acceptors (Lipinski definition) is 4. The number of nitrogens with zero attached hydrogens (tertiary/aromatic N) is 2. The maximum absolute atomic E-state index is 2.55. The number of anilines is 6. The highest BCUT2D eigenvalue weighted by atomic mass is 32.1. The number of rotatable bonds is 14. The molecule has 0 aliphatic heterocycles. The summed E-state index contributed by atoms with van der Waals surface area (Å²) in [6.45, 7) is 0. The summed E-state index contributed by atoms with van der Waals surface area (Å²) in [5.74, 6) is 0. The number of para-hydroxylation sites is 2. The highest BCUT2D eigenvalue weighted by Gasteiger charge is 2.27. The van der Waals surface area contributed by atoms with Crippen LogP contribution in [-0.2, 0) is 0 Å². The molecule has 0 atom stereocenters. The maximum Gasteiger partial charge on any atom is 0.0546 e. The van der Waals surface area contributed by atoms with E-state index in [1.54, 1.807) is 0 Å². The summed E-state index contributed by atoms with van der Waals surface area (Å²) in [7, 11) is 0. The molecule has 0 fully saturated rings. The van der Waals surface area contributed by atoms with Crippen molar-refractivity contribution in [2.45, 2.75) is 0 Å². The lowest BCUT2D eigenvalue weighted by atomic mass is 9.92. The molecule has 0 amide bonds. The Kier molecular flexibility index (Phi) is 16.0. The van der Waals surface area contributed by atoms with Crippen molar-refractivity contribution in [3.8, 4) is 89.0 Å². The second-order valence-corrected chi connectivity index (χ2v) is 30.6. The van der Waals surface area contributed by atoms with Gasteiger partial charge in [-0.1, -0.05) is 346 Å². The van der Waals surface area contributed by atoms with Gasteiger partial charge in [-0.05, 0) is 171 Å². The van der Waals surface area contributed by atoms with Gasteiger partial charge in [-0.2, -0.15) is 0 Å². The largest absolute Gasteiger partial charge is 0.310 e. The molecule has 0 saturated carbocycles. The van der Waals surface area contributed by atoms with Gasteiger partial charge in [-0.25, -0.2) is 0 Å². The first-order chi connectivity index (χ1) is 54.6. The minimum Gasteiger partial charge on any atom is -0.310 e. The molecule has 0 aliphatic rings. The van der Waals surface area contributed by atoms with Crippen LogP contribution in [0.25, 0.3) is 172 Å². The molecular formula is C106H68N2S2. The van der Waals surface area contributed by atoms with Gasteiger partial charge in [0.1, 0.15) is 0 Å². The molecule has 2 heterocycles. The fraction of sp³-hybridized carbons (Fsp3) is 0. The zero-order chi connectivity index (χ0) is 72.6. The van der Waals surface area contributed by atoms with Crippen LogP contribution >= 0.6 is 22.7 Å². The predicted molar refractivity (Wildman–Crippen MR) is 475 cm³/mol. The molecule has 110 heavy (non-hydrogen) atoms. The van der Waals surface area contributed by atoms with Crippen molar-refractivity contribution in [1.82, 2.24) is 0 Å². The van der Waals surface area contributed by atoms with E-state index in [0.29, 0.717) is 0 Å². The van der Waals surface area contributed by atoms with Crippen molar-refractivity contribution in [2.75, 3.05) is 9.80 Å². The van der Waals surface area contributed by atoms with Crippen LogP contribution in [0, 0.1) is 0 Å². The number of fused-ring (bicyclic) bond motifs is 10. The summed E-state index contributed by atoms with van der Waals surface area (Å²) >= 11 is 3.78. The zero-order valence-electron chi connectivity index (χ0n) is 60.0. The molecule has 0 radical (unpaired) electrons. The Hall–Kier alpha value is -13.7. The third-order valence-corrected chi connectivity index (χ3v) is 24.8. The van der Waals surface area contributed by atoms with E-state index >= 15 is 0 Å². The normalized spacial score (nSPS) is 11.6. The molecule has 0 spiro atoms. The van der Waals surface area contributed by atoms with Crippen molar-refractivity contribution < 1.29 is 0 Å². The Bertz CT molecular complexity index is 7150. The summed E-state index contributed by atoms with van der Waals surface area (Å²) in [5, 5.41) is 14.8. The Morgan fingerprint density at radius 2 is 0.482 bits per heavy atom. The van der Waals surface area contributed by atoms with Gasteiger partial charge in [0.2, 0.25) is 0 Å². The van der Waals surface area contributed by atoms with Gasteiger partial charge in [-0.15, -0.1) is 22.7 Å². The van der Waals surface area contributed by atoms with E-state index in [2.05, 4.69) is 422 Å². The average molecular weight is 1430 g/mol. The lowest BCUT2D eigenvalue weighted by Gasteiger charge is -2.31. The van der Waals surface area contributed by atoms with Crippen LogP contribution in [0.2, 0.25) is 0 Å². The van der Waals surface area contributed by atoms with E-state index in [-0.39, 0.29) is 0 Å². The van der Waals surface area contributed by atoms with Gasteiger partial charge in [0.05, 0.1) is 17.1 Å². The lowest BCUT2D eigenvalue weighted by molar-refractivity contribution is 1.28. The summed E-state index contributed by atoms with van der Waals surface area (Å²) in [4.78, 5) is 5.01. The predicted octanol–water partition coefficient (Wildman–Crippen LogP) is 31.3. The average Bonchev–Trinajstić information content (AvgIpc) is 1.50. The van der Waals surface area contributed by atoms with Crippen LogP contribution in [0.3, 0.4) is 0 Å². The van der Waals surface area contributed by atoms with Gasteiger partial charge >= 0.3 is 0 Å². The lowest BCUT2D eigenvalue weighted by Crippen LogP contribution is -2.13. The first-order valence-corrected chi connectivity index (χ1v) is 39.3. The van der Waals surface area contributed by atoms with Crippen LogP contribution in [0.4, 0.5) is 34.1 Å². The fourth-order valence-corrected chi connectivity index (χ4v) is 19.7. The molecule has 19 aromatic carbocycles. The molecule has 514 valence electrons. The van der Waals surface area contributed by atoms with Crippen LogP contribution in [0.1, 0.15) is 0 Å². The van der Waals surface area contributed by atoms with Crippen LogP contribution in [-0.4, -0.2) is 0 Å². The van der Waals surface area contributed by atoms with E-state index in [0.717, 1.165) is 61.9 Å². The third kappa shape index (κ3) is 11.2. The topological polar surface area (TPSA) is 6.48 Å². The second kappa shape index (κ2) is 27.2. The van der Waals surface area contributed by atoms with Crippen LogP contribution < -0.4 is 9.80 Å². The SMILES string of the molecule is c1ccc(-c2ccc3ccccc3c2)c(-c2ccc(N(c3ccc(-c4cccc5ccccc45)cc3)c3ccccc3-c3cccc4c3sc3c(-c5ccc(-c6cccc7ccccc67)c(N(c6ccc(-c7cccc8ccccc78)cc6)c6ccccc6-c6cccc7c6sc6ccccc67)c5)cccc34)cc2)c1. The zero-order valence-corrected chi connectivity index (χ0v) is 61.6. The Balaban J connectivity index is 0.736. The molecule has 4 heteroatoms. The third-order valence-electron chi connectivity index (χ3n) is 22.3. The molecule has 0 aliphatic carbocycles. The quantitative estimate of drug-likeness (QED) is 0.107. The van der Waals surface area contributed by atoms with Crippen LogP contribution in [0.15, 0.2) is 413 Å². The van der Waals surface area contributed by atoms with E-state index in [1.165, 1.54) is 145 Å². The van der Waals surface area contributed by atoms with E-state index in [4.69, 9.17) is 0 Å². The van der Waals surface area contributed by atoms with Crippen molar-refractivity contribution in [3.63, 3.8) is 0 Å². The van der Waals surface area contributed by atoms with Gasteiger partial charge < -0.3 is 9.80 Å². The Morgan fingerprint density at radius 1 is 0.155 bits per heavy atom. The number of thiophene rings is 2. The minimum absolute atomic E-state index is 1.06. The molecule has 0 saturated heterocycles. The maximum atomic E-state index is 2.55. The second-order valence-electron chi connectivity index (χ2n) is 28.5. The van der Waals surface area contributed by atoms with Gasteiger partial charge in [0.25, 0.3) is 0 Å². The van der Waals surface area contributed by atoms with E-state index in [9.17, 15) is 0 Å². The highest BCUT2D eigenvalue weighted by Crippen LogP contribution is 2.53. The van der Waals surface area contributed by atoms with Crippen molar-refractivity contribution >= 4 is 140 Å². The van der Waals surface area contributed by atoms with Crippen molar-refractivity contribution in [1.29, 1.82) is 0 Å². The monoisotopic (exact) mass is 1430 g/mol. The van der Waals surface area contributed by atoms with Crippen molar-refractivity contribution in [2.24, 2.45) is 0 Å². The Morgan fingerprint density at radius 3 is 1.05 bits per heavy atom. The first kappa shape index (κ1) is 64.6. The molecule has 2 aromatic heterocycles. The fourth-order valence-electron chi connectivity index (χ4n) is 17.1. The molecular weight excluding hydrogens is 1370 g/mol. The van der Waals surface area contributed by atoms with Gasteiger partial charge in [0, 0.05) is 85.2 Å². The van der Waals surface area contributed by atoms with Gasteiger partial charge in [-0.3, -0.25) is 0 Å². The van der Waals surface area contributed by atoms with E-state index in [1.807, 2.05) is 22.7 Å². The van der Waals surface area contributed by atoms with Crippen LogP contribution in [0.5, 0.6) is 0 Å². The minimum atomic E-state index is 1.06. The highest BCUT2D eigenvalue weighted by molar-refractivity contribution is 7.27. The molecule has 21 aromatic rings. The van der Waals surface area contributed by atoms with Crippen molar-refractivity contribution in [3.05, 3.63) is 413 Å². The first-order valence-electron chi connectivity index (χ1n) is 37.7. The molecule has 0 bridgehead atoms. The number of benzene rings is 19. The molecule has 21 rings (SSSR count). The van der Waals surface area contributed by atoms with Gasteiger partial charge in [0.15, 0.2) is 0 Å². The summed E-state index contributed by atoms with van der Waals surface area (Å²) in [6.07, 6.45) is 0. The smallest absolute Gasteiger partial charge is 0.0546 e. The molecule has 0 unspecified atom stereocenters. The summed E-state index contributed by atoms with van der Waals surface area (Å²) < 4.78 is 5.03. The summed E-state index contributed by atoms with van der Waals surface area (Å²) in [6, 6.07) is 153. The van der Waals surface area contributed by atoms with E-state index < -0.39 is 0 Å². The number of hydrogen-bond donors (Lipinski definition) is 0. The standard InChI is InChI=1S/C106H68N2S2/c1-2-27-76-67-77(52-51-69(76)23-1)88-35-10-9-33-84(88)73-53-60-79(61-54-73)107(80-62-55-74(56-63-80)85-39-17-28-70-24-3-6-31-82(70)85)100-48-14-11-36-91(100)96-44-22-47-99-98-46-20-41-89(104(98)110-106(96)99)78-59-66-93(90-42-19-30-72-26-5-8-34-87(72)90)102(68-78)108(81-64-57-75(58-65-81)86-40-18-29-71-25-4-7-32-83(71)86)101-49-15-12-37-92(101)95-43-21-45-97-94-38-13-16-50-103(94)109-105(95)97/h1-68H. The summed E-state index contributed by atoms with van der Waals surface area (Å²) in [5.41, 5.74) is 25.2. The Labute approximate surface area is 646 Å². The molecule has 2 nitrogen and oxygen atoms in total. The molecule has 0 N–H and O–H groups in total.